The van der Waals surface area contributed by atoms with E-state index in [1.807, 2.05) is 7.05 Å². The molecule has 0 saturated carbocycles. The molecule has 2 rings (SSSR count). The zero-order chi connectivity index (χ0) is 12.8. The average molecular weight is 253 g/mol. The van der Waals surface area contributed by atoms with Crippen LogP contribution in [0.3, 0.4) is 0 Å². The van der Waals surface area contributed by atoms with Crippen LogP contribution in [0.1, 0.15) is 19.2 Å². The summed E-state index contributed by atoms with van der Waals surface area (Å²) in [7, 11) is 1.89. The molecule has 0 radical (unpaired) electrons. The first-order chi connectivity index (χ1) is 8.74. The summed E-state index contributed by atoms with van der Waals surface area (Å²) in [6, 6.07) is 0.960. The summed E-state index contributed by atoms with van der Waals surface area (Å²) in [5, 5.41) is 11.2. The molecule has 1 aromatic heterocycles. The summed E-state index contributed by atoms with van der Waals surface area (Å²) < 4.78 is 7.18. The lowest BCUT2D eigenvalue weighted by Gasteiger charge is -2.26. The Morgan fingerprint density at radius 2 is 2.56 bits per heavy atom. The highest BCUT2D eigenvalue weighted by Gasteiger charge is 2.15. The summed E-state index contributed by atoms with van der Waals surface area (Å²) >= 11 is 0. The van der Waals surface area contributed by atoms with Gasteiger partial charge >= 0.3 is 0 Å². The third-order valence-corrected chi connectivity index (χ3v) is 3.12. The van der Waals surface area contributed by atoms with Crippen molar-refractivity contribution in [3.05, 3.63) is 12.2 Å². The van der Waals surface area contributed by atoms with Crippen LogP contribution < -0.4 is 10.6 Å². The number of hydrogen-bond acceptors (Lipinski definition) is 5. The molecule has 2 heterocycles. The van der Waals surface area contributed by atoms with Gasteiger partial charge in [-0.1, -0.05) is 0 Å². The Morgan fingerprint density at radius 3 is 3.22 bits per heavy atom. The Morgan fingerprint density at radius 1 is 1.67 bits per heavy atom. The van der Waals surface area contributed by atoms with Gasteiger partial charge in [0.25, 0.3) is 0 Å². The second-order valence-electron chi connectivity index (χ2n) is 4.90. The molecular formula is C12H23N5O. The van der Waals surface area contributed by atoms with Crippen LogP contribution in [-0.2, 0) is 18.2 Å². The largest absolute Gasteiger partial charge is 0.379 e. The molecule has 0 bridgehead atoms. The molecule has 0 aromatic carbocycles. The monoisotopic (exact) mass is 253 g/mol. The van der Waals surface area contributed by atoms with Gasteiger partial charge in [-0.3, -0.25) is 4.68 Å². The molecule has 6 nitrogen and oxygen atoms in total. The van der Waals surface area contributed by atoms with Crippen LogP contribution in [0.15, 0.2) is 6.33 Å². The summed E-state index contributed by atoms with van der Waals surface area (Å²) in [6.07, 6.45) is 3.71. The average Bonchev–Trinajstić information content (AvgIpc) is 2.76. The van der Waals surface area contributed by atoms with Gasteiger partial charge < -0.3 is 15.4 Å². The Bertz CT molecular complexity index is 348. The van der Waals surface area contributed by atoms with Gasteiger partial charge in [0.1, 0.15) is 6.33 Å². The van der Waals surface area contributed by atoms with Gasteiger partial charge in [0.05, 0.1) is 13.2 Å². The van der Waals surface area contributed by atoms with E-state index in [-0.39, 0.29) is 0 Å². The Kier molecular flexibility index (Phi) is 5.10. The maximum Gasteiger partial charge on any atom is 0.151 e. The molecule has 2 unspecified atom stereocenters. The molecule has 1 saturated heterocycles. The van der Waals surface area contributed by atoms with E-state index in [1.54, 1.807) is 11.0 Å². The standard InChI is InChI=1S/C12H23N5O/c1-10(7-11-8-18-6-5-14-11)13-4-3-12-15-9-17(2)16-12/h9-11,13-14H,3-8H2,1-2H3. The van der Waals surface area contributed by atoms with E-state index < -0.39 is 0 Å². The zero-order valence-corrected chi connectivity index (χ0v) is 11.2. The minimum atomic E-state index is 0.480. The van der Waals surface area contributed by atoms with Crippen molar-refractivity contribution >= 4 is 0 Å². The number of ether oxygens (including phenoxy) is 1. The molecule has 1 fully saturated rings. The highest BCUT2D eigenvalue weighted by atomic mass is 16.5. The molecule has 18 heavy (non-hydrogen) atoms. The van der Waals surface area contributed by atoms with Gasteiger partial charge in [-0.25, -0.2) is 4.98 Å². The Balaban J connectivity index is 1.60. The van der Waals surface area contributed by atoms with Crippen molar-refractivity contribution in [3.63, 3.8) is 0 Å². The summed E-state index contributed by atoms with van der Waals surface area (Å²) in [4.78, 5) is 4.21. The second-order valence-corrected chi connectivity index (χ2v) is 4.90. The predicted molar refractivity (Wildman–Crippen MR) is 69.4 cm³/mol. The number of nitrogens with one attached hydrogen (secondary N) is 2. The quantitative estimate of drug-likeness (QED) is 0.730. The lowest BCUT2D eigenvalue weighted by Crippen LogP contribution is -2.45. The normalized spacial score (nSPS) is 22.0. The van der Waals surface area contributed by atoms with Crippen LogP contribution in [0.5, 0.6) is 0 Å². The van der Waals surface area contributed by atoms with Gasteiger partial charge in [-0.15, -0.1) is 0 Å². The molecule has 1 aromatic rings. The Hall–Kier alpha value is -0.980. The minimum absolute atomic E-state index is 0.480. The van der Waals surface area contributed by atoms with Crippen LogP contribution in [0, 0.1) is 0 Å². The predicted octanol–water partition coefficient (Wildman–Crippen LogP) is -0.286. The van der Waals surface area contributed by atoms with Crippen LogP contribution in [0.25, 0.3) is 0 Å². The van der Waals surface area contributed by atoms with Crippen molar-refractivity contribution in [3.8, 4) is 0 Å². The molecular weight excluding hydrogens is 230 g/mol. The third-order valence-electron chi connectivity index (χ3n) is 3.12. The van der Waals surface area contributed by atoms with Crippen LogP contribution in [-0.4, -0.2) is 53.2 Å². The molecule has 2 atom stereocenters. The van der Waals surface area contributed by atoms with Gasteiger partial charge in [0.15, 0.2) is 5.82 Å². The summed E-state index contributed by atoms with van der Waals surface area (Å²) in [6.45, 7) is 5.76. The Labute approximate surface area is 108 Å². The number of aryl methyl sites for hydroxylation is 1. The van der Waals surface area contributed by atoms with Crippen molar-refractivity contribution in [1.29, 1.82) is 0 Å². The minimum Gasteiger partial charge on any atom is -0.379 e. The maximum atomic E-state index is 5.45. The van der Waals surface area contributed by atoms with E-state index in [0.717, 1.165) is 45.0 Å². The van der Waals surface area contributed by atoms with Crippen molar-refractivity contribution in [2.45, 2.75) is 31.8 Å². The zero-order valence-electron chi connectivity index (χ0n) is 11.2. The lowest BCUT2D eigenvalue weighted by molar-refractivity contribution is 0.0713. The van der Waals surface area contributed by atoms with Crippen molar-refractivity contribution in [2.75, 3.05) is 26.3 Å². The first-order valence-electron chi connectivity index (χ1n) is 6.63. The van der Waals surface area contributed by atoms with Crippen molar-refractivity contribution in [1.82, 2.24) is 25.4 Å². The van der Waals surface area contributed by atoms with E-state index in [4.69, 9.17) is 4.74 Å². The van der Waals surface area contributed by atoms with E-state index in [2.05, 4.69) is 27.6 Å². The van der Waals surface area contributed by atoms with Crippen molar-refractivity contribution in [2.24, 2.45) is 7.05 Å². The van der Waals surface area contributed by atoms with Crippen LogP contribution in [0.4, 0.5) is 0 Å². The molecule has 102 valence electrons. The highest BCUT2D eigenvalue weighted by Crippen LogP contribution is 2.02. The number of rotatable bonds is 6. The van der Waals surface area contributed by atoms with E-state index >= 15 is 0 Å². The van der Waals surface area contributed by atoms with Gasteiger partial charge in [-0.05, 0) is 13.3 Å². The fourth-order valence-electron chi connectivity index (χ4n) is 2.21. The molecule has 0 aliphatic carbocycles. The topological polar surface area (TPSA) is 64.0 Å². The van der Waals surface area contributed by atoms with Crippen molar-refractivity contribution < 1.29 is 4.74 Å². The number of aromatic nitrogens is 3. The number of morpholine rings is 1. The fourth-order valence-corrected chi connectivity index (χ4v) is 2.21. The SMILES string of the molecule is CC(CC1COCCN1)NCCc1ncn(C)n1. The van der Waals surface area contributed by atoms with E-state index in [9.17, 15) is 0 Å². The van der Waals surface area contributed by atoms with Gasteiger partial charge in [-0.2, -0.15) is 5.10 Å². The molecule has 0 amide bonds. The van der Waals surface area contributed by atoms with Gasteiger partial charge in [0.2, 0.25) is 0 Å². The number of nitrogens with zero attached hydrogens (tertiary/aromatic N) is 3. The molecule has 6 heteroatoms. The molecule has 1 aliphatic heterocycles. The third kappa shape index (κ3) is 4.36. The summed E-state index contributed by atoms with van der Waals surface area (Å²) in [5.41, 5.74) is 0. The number of hydrogen-bond donors (Lipinski definition) is 2. The molecule has 0 spiro atoms. The first kappa shape index (κ1) is 13.5. The smallest absolute Gasteiger partial charge is 0.151 e. The molecule has 1 aliphatic rings. The lowest BCUT2D eigenvalue weighted by atomic mass is 10.1. The van der Waals surface area contributed by atoms with E-state index in [0.29, 0.717) is 12.1 Å². The fraction of sp³-hybridized carbons (Fsp3) is 0.833. The first-order valence-corrected chi connectivity index (χ1v) is 6.63. The second kappa shape index (κ2) is 6.82. The highest BCUT2D eigenvalue weighted by molar-refractivity contribution is 4.83. The molecule has 2 N–H and O–H groups in total. The van der Waals surface area contributed by atoms with Crippen LogP contribution >= 0.6 is 0 Å². The van der Waals surface area contributed by atoms with E-state index in [1.165, 1.54) is 0 Å². The van der Waals surface area contributed by atoms with Gasteiger partial charge in [0, 0.05) is 38.6 Å². The maximum absolute atomic E-state index is 5.45. The summed E-state index contributed by atoms with van der Waals surface area (Å²) in [5.74, 6) is 0.899. The van der Waals surface area contributed by atoms with Crippen LogP contribution in [0.2, 0.25) is 0 Å².